The molecule has 2 N–H and O–H groups in total. The number of amides is 1. The maximum absolute atomic E-state index is 13.2. The Labute approximate surface area is 131 Å². The summed E-state index contributed by atoms with van der Waals surface area (Å²) in [7, 11) is 0. The molecule has 1 aliphatic heterocycles. The molecular formula is C14H16F2N2OS2. The van der Waals surface area contributed by atoms with Crippen molar-refractivity contribution >= 4 is 34.9 Å². The SMILES string of the molecule is CSC1(C(N)=S)CCN(C(=O)c2cc(F)cc(F)c2)CC1. The highest BCUT2D eigenvalue weighted by molar-refractivity contribution is 8.02. The molecule has 0 radical (unpaired) electrons. The fourth-order valence-electron chi connectivity index (χ4n) is 2.48. The average Bonchev–Trinajstić information content (AvgIpc) is 2.45. The van der Waals surface area contributed by atoms with Gasteiger partial charge in [-0.3, -0.25) is 4.79 Å². The van der Waals surface area contributed by atoms with Crippen molar-refractivity contribution in [3.63, 3.8) is 0 Å². The molecule has 1 amide bonds. The summed E-state index contributed by atoms with van der Waals surface area (Å²) >= 11 is 6.70. The molecule has 1 aromatic rings. The Hall–Kier alpha value is -1.21. The van der Waals surface area contributed by atoms with Gasteiger partial charge in [0.1, 0.15) is 11.6 Å². The zero-order chi connectivity index (χ0) is 15.6. The van der Waals surface area contributed by atoms with Crippen molar-refractivity contribution in [1.29, 1.82) is 0 Å². The number of nitrogens with zero attached hydrogens (tertiary/aromatic N) is 1. The Kier molecular flexibility index (Phi) is 4.83. The number of benzene rings is 1. The second-order valence-corrected chi connectivity index (χ2v) is 6.64. The van der Waals surface area contributed by atoms with Crippen LogP contribution < -0.4 is 5.73 Å². The van der Waals surface area contributed by atoms with Gasteiger partial charge in [-0.15, -0.1) is 0 Å². The number of carbonyl (C=O) groups excluding carboxylic acids is 1. The summed E-state index contributed by atoms with van der Waals surface area (Å²) < 4.78 is 26.1. The van der Waals surface area contributed by atoms with E-state index in [0.29, 0.717) is 30.9 Å². The fourth-order valence-corrected chi connectivity index (χ4v) is 3.73. The van der Waals surface area contributed by atoms with Gasteiger partial charge in [-0.25, -0.2) is 8.78 Å². The Balaban J connectivity index is 2.11. The van der Waals surface area contributed by atoms with Crippen LogP contribution in [0.25, 0.3) is 0 Å². The van der Waals surface area contributed by atoms with E-state index in [0.717, 1.165) is 18.2 Å². The quantitative estimate of drug-likeness (QED) is 0.866. The molecule has 1 saturated heterocycles. The van der Waals surface area contributed by atoms with E-state index >= 15 is 0 Å². The van der Waals surface area contributed by atoms with Gasteiger partial charge in [0.2, 0.25) is 0 Å². The average molecular weight is 330 g/mol. The minimum absolute atomic E-state index is 0.0273. The summed E-state index contributed by atoms with van der Waals surface area (Å²) in [4.78, 5) is 14.3. The maximum Gasteiger partial charge on any atom is 0.254 e. The number of halogens is 2. The van der Waals surface area contributed by atoms with Crippen LogP contribution in [-0.2, 0) is 0 Å². The summed E-state index contributed by atoms with van der Waals surface area (Å²) in [5.74, 6) is -1.88. The molecule has 0 atom stereocenters. The number of carbonyl (C=O) groups is 1. The smallest absolute Gasteiger partial charge is 0.254 e. The van der Waals surface area contributed by atoms with Gasteiger partial charge >= 0.3 is 0 Å². The van der Waals surface area contributed by atoms with Crippen LogP contribution in [0, 0.1) is 11.6 Å². The van der Waals surface area contributed by atoms with Crippen LogP contribution in [0.4, 0.5) is 8.78 Å². The van der Waals surface area contributed by atoms with Crippen molar-refractivity contribution in [3.8, 4) is 0 Å². The Morgan fingerprint density at radius 1 is 1.29 bits per heavy atom. The molecule has 1 fully saturated rings. The summed E-state index contributed by atoms with van der Waals surface area (Å²) in [5, 5.41) is 0. The van der Waals surface area contributed by atoms with Crippen molar-refractivity contribution in [2.24, 2.45) is 5.73 Å². The lowest BCUT2D eigenvalue weighted by Crippen LogP contribution is -2.50. The molecule has 3 nitrogen and oxygen atoms in total. The molecule has 2 rings (SSSR count). The second kappa shape index (κ2) is 6.27. The third-order valence-corrected chi connectivity index (χ3v) is 5.74. The van der Waals surface area contributed by atoms with Crippen LogP contribution >= 0.6 is 24.0 Å². The first kappa shape index (κ1) is 16.2. The third-order valence-electron chi connectivity index (χ3n) is 3.81. The second-order valence-electron chi connectivity index (χ2n) is 5.01. The first-order chi connectivity index (χ1) is 9.88. The molecule has 114 valence electrons. The number of thiocarbonyl (C=S) groups is 1. The van der Waals surface area contributed by atoms with Crippen molar-refractivity contribution in [3.05, 3.63) is 35.4 Å². The number of piperidine rings is 1. The van der Waals surface area contributed by atoms with Gasteiger partial charge in [-0.1, -0.05) is 12.2 Å². The normalized spacial score (nSPS) is 17.6. The largest absolute Gasteiger partial charge is 0.392 e. The molecule has 0 saturated carbocycles. The van der Waals surface area contributed by atoms with Crippen LogP contribution in [0.1, 0.15) is 23.2 Å². The minimum atomic E-state index is -0.753. The van der Waals surface area contributed by atoms with Gasteiger partial charge in [0.25, 0.3) is 5.91 Å². The third kappa shape index (κ3) is 3.35. The molecule has 0 bridgehead atoms. The van der Waals surface area contributed by atoms with E-state index in [1.807, 2.05) is 6.26 Å². The monoisotopic (exact) mass is 330 g/mol. The zero-order valence-corrected chi connectivity index (χ0v) is 13.2. The lowest BCUT2D eigenvalue weighted by atomic mass is 9.95. The van der Waals surface area contributed by atoms with E-state index in [4.69, 9.17) is 18.0 Å². The molecule has 0 aliphatic carbocycles. The van der Waals surface area contributed by atoms with E-state index in [1.54, 1.807) is 16.7 Å². The topological polar surface area (TPSA) is 46.3 Å². The molecule has 7 heteroatoms. The van der Waals surface area contributed by atoms with Crippen LogP contribution in [0.15, 0.2) is 18.2 Å². The lowest BCUT2D eigenvalue weighted by molar-refractivity contribution is 0.0718. The van der Waals surface area contributed by atoms with Crippen LogP contribution in [-0.4, -0.2) is 39.9 Å². The van der Waals surface area contributed by atoms with Crippen molar-refractivity contribution in [2.75, 3.05) is 19.3 Å². The van der Waals surface area contributed by atoms with Crippen LogP contribution in [0.2, 0.25) is 0 Å². The number of rotatable bonds is 3. The van der Waals surface area contributed by atoms with Gasteiger partial charge < -0.3 is 10.6 Å². The van der Waals surface area contributed by atoms with Gasteiger partial charge in [0.05, 0.1) is 9.74 Å². The summed E-state index contributed by atoms with van der Waals surface area (Å²) in [6, 6.07) is 2.85. The molecular weight excluding hydrogens is 314 g/mol. The van der Waals surface area contributed by atoms with Gasteiger partial charge in [-0.05, 0) is 31.2 Å². The van der Waals surface area contributed by atoms with Gasteiger partial charge in [-0.2, -0.15) is 11.8 Å². The molecule has 21 heavy (non-hydrogen) atoms. The van der Waals surface area contributed by atoms with Crippen molar-refractivity contribution in [2.45, 2.75) is 17.6 Å². The molecule has 1 aromatic carbocycles. The summed E-state index contributed by atoms with van der Waals surface area (Å²) in [6.45, 7) is 0.935. The highest BCUT2D eigenvalue weighted by Crippen LogP contribution is 2.35. The van der Waals surface area contributed by atoms with Gasteiger partial charge in [0.15, 0.2) is 0 Å². The predicted octanol–water partition coefficient (Wildman–Crippen LogP) is 2.59. The van der Waals surface area contributed by atoms with Crippen LogP contribution in [0.5, 0.6) is 0 Å². The number of thioether (sulfide) groups is 1. The minimum Gasteiger partial charge on any atom is -0.392 e. The highest BCUT2D eigenvalue weighted by Gasteiger charge is 2.38. The predicted molar refractivity (Wildman–Crippen MR) is 84.5 cm³/mol. The summed E-state index contributed by atoms with van der Waals surface area (Å²) in [6.07, 6.45) is 3.23. The van der Waals surface area contributed by atoms with E-state index in [1.165, 1.54) is 0 Å². The molecule has 0 spiro atoms. The summed E-state index contributed by atoms with van der Waals surface area (Å²) in [5.41, 5.74) is 5.82. The Morgan fingerprint density at radius 2 is 1.81 bits per heavy atom. The standard InChI is InChI=1S/C14H16F2N2OS2/c1-21-14(13(17)20)2-4-18(5-3-14)12(19)9-6-10(15)8-11(16)7-9/h6-8H,2-5H2,1H3,(H2,17,20). The first-order valence-corrected chi connectivity index (χ1v) is 8.12. The Bertz CT molecular complexity index is 552. The van der Waals surface area contributed by atoms with E-state index in [2.05, 4.69) is 0 Å². The maximum atomic E-state index is 13.2. The van der Waals surface area contributed by atoms with Gasteiger partial charge in [0, 0.05) is 24.7 Å². The van der Waals surface area contributed by atoms with Crippen molar-refractivity contribution < 1.29 is 13.6 Å². The number of nitrogens with two attached hydrogens (primary N) is 1. The zero-order valence-electron chi connectivity index (χ0n) is 11.6. The molecule has 1 aliphatic rings. The Morgan fingerprint density at radius 3 is 2.24 bits per heavy atom. The first-order valence-electron chi connectivity index (χ1n) is 6.48. The molecule has 0 unspecified atom stereocenters. The van der Waals surface area contributed by atoms with E-state index < -0.39 is 11.6 Å². The number of likely N-dealkylation sites (tertiary alicyclic amines) is 1. The van der Waals surface area contributed by atoms with E-state index in [-0.39, 0.29) is 16.2 Å². The molecule has 0 aromatic heterocycles. The fraction of sp³-hybridized carbons (Fsp3) is 0.429. The number of hydrogen-bond donors (Lipinski definition) is 1. The lowest BCUT2D eigenvalue weighted by Gasteiger charge is -2.40. The molecule has 1 heterocycles. The number of hydrogen-bond acceptors (Lipinski definition) is 3. The van der Waals surface area contributed by atoms with Crippen molar-refractivity contribution in [1.82, 2.24) is 4.90 Å². The van der Waals surface area contributed by atoms with Crippen LogP contribution in [0.3, 0.4) is 0 Å². The van der Waals surface area contributed by atoms with E-state index in [9.17, 15) is 13.6 Å². The highest BCUT2D eigenvalue weighted by atomic mass is 32.2.